The van der Waals surface area contributed by atoms with Crippen molar-refractivity contribution in [3.8, 4) is 0 Å². The molecule has 0 saturated carbocycles. The van der Waals surface area contributed by atoms with Crippen molar-refractivity contribution in [2.24, 2.45) is 5.92 Å². The SMILES string of the molecule is O=C(NCC1CCOCC1)c1cc(C(F)(F)F)ccc1F. The van der Waals surface area contributed by atoms with Gasteiger partial charge in [-0.25, -0.2) is 4.39 Å². The fourth-order valence-electron chi connectivity index (χ4n) is 2.16. The summed E-state index contributed by atoms with van der Waals surface area (Å²) in [5, 5.41) is 2.49. The Kier molecular flexibility index (Phi) is 4.82. The number of alkyl halides is 3. The maximum Gasteiger partial charge on any atom is 0.416 e. The molecule has 1 saturated heterocycles. The van der Waals surface area contributed by atoms with Gasteiger partial charge in [0.25, 0.3) is 5.91 Å². The Morgan fingerprint density at radius 2 is 1.95 bits per heavy atom. The number of rotatable bonds is 3. The molecule has 0 aliphatic carbocycles. The van der Waals surface area contributed by atoms with E-state index in [4.69, 9.17) is 4.74 Å². The van der Waals surface area contributed by atoms with E-state index >= 15 is 0 Å². The minimum atomic E-state index is -4.61. The lowest BCUT2D eigenvalue weighted by molar-refractivity contribution is -0.137. The molecule has 0 aromatic heterocycles. The molecule has 1 fully saturated rings. The lowest BCUT2D eigenvalue weighted by Crippen LogP contribution is -2.32. The van der Waals surface area contributed by atoms with Gasteiger partial charge in [0.2, 0.25) is 0 Å². The van der Waals surface area contributed by atoms with Crippen LogP contribution in [0, 0.1) is 11.7 Å². The van der Waals surface area contributed by atoms with Crippen LogP contribution in [0.15, 0.2) is 18.2 Å². The third-order valence-electron chi connectivity index (χ3n) is 3.43. The van der Waals surface area contributed by atoms with Gasteiger partial charge in [0.05, 0.1) is 11.1 Å². The van der Waals surface area contributed by atoms with Crippen LogP contribution in [0.2, 0.25) is 0 Å². The first-order valence-corrected chi connectivity index (χ1v) is 6.60. The highest BCUT2D eigenvalue weighted by Crippen LogP contribution is 2.30. The molecule has 3 nitrogen and oxygen atoms in total. The number of hydrogen-bond donors (Lipinski definition) is 1. The van der Waals surface area contributed by atoms with Crippen LogP contribution in [-0.2, 0) is 10.9 Å². The molecule has 1 N–H and O–H groups in total. The van der Waals surface area contributed by atoms with Gasteiger partial charge < -0.3 is 10.1 Å². The van der Waals surface area contributed by atoms with Crippen LogP contribution in [0.3, 0.4) is 0 Å². The summed E-state index contributed by atoms with van der Waals surface area (Å²) in [6.45, 7) is 1.49. The molecule has 1 amide bonds. The highest BCUT2D eigenvalue weighted by atomic mass is 19.4. The van der Waals surface area contributed by atoms with E-state index in [0.29, 0.717) is 38.0 Å². The van der Waals surface area contributed by atoms with Crippen molar-refractivity contribution < 1.29 is 27.1 Å². The molecule has 0 radical (unpaired) electrons. The number of carbonyl (C=O) groups excluding carboxylic acids is 1. The molecule has 1 aromatic carbocycles. The summed E-state index contributed by atoms with van der Waals surface area (Å²) >= 11 is 0. The second kappa shape index (κ2) is 6.43. The second-order valence-corrected chi connectivity index (χ2v) is 4.96. The Morgan fingerprint density at radius 1 is 1.29 bits per heavy atom. The summed E-state index contributed by atoms with van der Waals surface area (Å²) < 4.78 is 56.4. The van der Waals surface area contributed by atoms with E-state index < -0.39 is 29.0 Å². The lowest BCUT2D eigenvalue weighted by atomic mass is 10.0. The first kappa shape index (κ1) is 15.8. The summed E-state index contributed by atoms with van der Waals surface area (Å²) in [5.74, 6) is -1.59. The molecule has 1 aliphatic rings. The van der Waals surface area contributed by atoms with Crippen molar-refractivity contribution in [2.75, 3.05) is 19.8 Å². The minimum absolute atomic E-state index is 0.205. The Labute approximate surface area is 119 Å². The van der Waals surface area contributed by atoms with Crippen LogP contribution in [0.1, 0.15) is 28.8 Å². The van der Waals surface area contributed by atoms with Crippen LogP contribution in [0.4, 0.5) is 17.6 Å². The predicted molar refractivity (Wildman–Crippen MR) is 67.3 cm³/mol. The summed E-state index contributed by atoms with van der Waals surface area (Å²) in [7, 11) is 0. The number of amides is 1. The molecule has 1 aliphatic heterocycles. The summed E-state index contributed by atoms with van der Waals surface area (Å²) in [4.78, 5) is 11.8. The van der Waals surface area contributed by atoms with Gasteiger partial charge in [-0.15, -0.1) is 0 Å². The quantitative estimate of drug-likeness (QED) is 0.872. The Bertz CT molecular complexity index is 510. The van der Waals surface area contributed by atoms with E-state index in [1.165, 1.54) is 0 Å². The van der Waals surface area contributed by atoms with Crippen molar-refractivity contribution in [3.05, 3.63) is 35.1 Å². The zero-order valence-corrected chi connectivity index (χ0v) is 11.2. The number of carbonyl (C=O) groups is 1. The monoisotopic (exact) mass is 305 g/mol. The van der Waals surface area contributed by atoms with Crippen molar-refractivity contribution in [1.29, 1.82) is 0 Å². The van der Waals surface area contributed by atoms with E-state index in [-0.39, 0.29) is 5.92 Å². The molecule has 0 atom stereocenters. The molecule has 1 aromatic rings. The fourth-order valence-corrected chi connectivity index (χ4v) is 2.16. The van der Waals surface area contributed by atoms with Gasteiger partial charge in [-0.05, 0) is 37.0 Å². The summed E-state index contributed by atoms with van der Waals surface area (Å²) in [6.07, 6.45) is -3.07. The van der Waals surface area contributed by atoms with Crippen molar-refractivity contribution in [2.45, 2.75) is 19.0 Å². The highest BCUT2D eigenvalue weighted by molar-refractivity contribution is 5.94. The second-order valence-electron chi connectivity index (χ2n) is 4.96. The Hall–Kier alpha value is -1.63. The normalized spacial score (nSPS) is 16.8. The van der Waals surface area contributed by atoms with Gasteiger partial charge in [-0.1, -0.05) is 0 Å². The fraction of sp³-hybridized carbons (Fsp3) is 0.500. The number of ether oxygens (including phenoxy) is 1. The van der Waals surface area contributed by atoms with E-state index in [1.54, 1.807) is 0 Å². The zero-order chi connectivity index (χ0) is 15.5. The van der Waals surface area contributed by atoms with Crippen LogP contribution >= 0.6 is 0 Å². The Balaban J connectivity index is 2.04. The third-order valence-corrected chi connectivity index (χ3v) is 3.43. The van der Waals surface area contributed by atoms with Gasteiger partial charge in [0.15, 0.2) is 0 Å². The average molecular weight is 305 g/mol. The maximum atomic E-state index is 13.5. The smallest absolute Gasteiger partial charge is 0.381 e. The highest BCUT2D eigenvalue weighted by Gasteiger charge is 2.32. The van der Waals surface area contributed by atoms with Crippen LogP contribution in [0.25, 0.3) is 0 Å². The number of nitrogens with one attached hydrogen (secondary N) is 1. The number of hydrogen-bond acceptors (Lipinski definition) is 2. The number of benzene rings is 1. The molecule has 0 spiro atoms. The van der Waals surface area contributed by atoms with Crippen molar-refractivity contribution >= 4 is 5.91 Å². The van der Waals surface area contributed by atoms with Crippen molar-refractivity contribution in [1.82, 2.24) is 5.32 Å². The van der Waals surface area contributed by atoms with E-state index in [2.05, 4.69) is 5.32 Å². The predicted octanol–water partition coefficient (Wildman–Crippen LogP) is 3.00. The van der Waals surface area contributed by atoms with Crippen LogP contribution in [-0.4, -0.2) is 25.7 Å². The number of halogens is 4. The topological polar surface area (TPSA) is 38.3 Å². The molecule has 7 heteroatoms. The third kappa shape index (κ3) is 4.17. The van der Waals surface area contributed by atoms with E-state index in [9.17, 15) is 22.4 Å². The van der Waals surface area contributed by atoms with Gasteiger partial charge in [-0.2, -0.15) is 13.2 Å². The van der Waals surface area contributed by atoms with Gasteiger partial charge >= 0.3 is 6.18 Å². The van der Waals surface area contributed by atoms with Crippen LogP contribution in [0.5, 0.6) is 0 Å². The van der Waals surface area contributed by atoms with Crippen LogP contribution < -0.4 is 5.32 Å². The zero-order valence-electron chi connectivity index (χ0n) is 11.2. The van der Waals surface area contributed by atoms with Gasteiger partial charge in [0.1, 0.15) is 5.82 Å². The van der Waals surface area contributed by atoms with E-state index in [1.807, 2.05) is 0 Å². The lowest BCUT2D eigenvalue weighted by Gasteiger charge is -2.22. The first-order valence-electron chi connectivity index (χ1n) is 6.60. The maximum absolute atomic E-state index is 13.5. The standard InChI is InChI=1S/C14H15F4NO2/c15-12-2-1-10(14(16,17)18)7-11(12)13(20)19-8-9-3-5-21-6-4-9/h1-2,7,9H,3-6,8H2,(H,19,20). The molecular formula is C14H15F4NO2. The minimum Gasteiger partial charge on any atom is -0.381 e. The molecule has 21 heavy (non-hydrogen) atoms. The summed E-state index contributed by atoms with van der Waals surface area (Å²) in [6, 6.07) is 1.81. The molecule has 0 bridgehead atoms. The molecule has 116 valence electrons. The van der Waals surface area contributed by atoms with Crippen molar-refractivity contribution in [3.63, 3.8) is 0 Å². The largest absolute Gasteiger partial charge is 0.416 e. The van der Waals surface area contributed by atoms with Gasteiger partial charge in [-0.3, -0.25) is 4.79 Å². The Morgan fingerprint density at radius 3 is 2.57 bits per heavy atom. The average Bonchev–Trinajstić information content (AvgIpc) is 2.45. The molecule has 1 heterocycles. The summed E-state index contributed by atoms with van der Waals surface area (Å²) in [5.41, 5.74) is -1.63. The molecule has 2 rings (SSSR count). The molecule has 0 unspecified atom stereocenters. The van der Waals surface area contributed by atoms with E-state index in [0.717, 1.165) is 12.8 Å². The van der Waals surface area contributed by atoms with Gasteiger partial charge in [0, 0.05) is 19.8 Å². The first-order chi connectivity index (χ1) is 9.88. The molecular weight excluding hydrogens is 290 g/mol.